The van der Waals surface area contributed by atoms with E-state index in [0.717, 1.165) is 53.6 Å². The molecule has 5 rings (SSSR count). The summed E-state index contributed by atoms with van der Waals surface area (Å²) < 4.78 is 2.38. The second-order valence-corrected chi connectivity index (χ2v) is 7.52. The highest BCUT2D eigenvalue weighted by atomic mass is 32.1. The van der Waals surface area contributed by atoms with Crippen molar-refractivity contribution >= 4 is 27.4 Å². The van der Waals surface area contributed by atoms with Crippen LogP contribution in [-0.2, 0) is 13.0 Å². The first-order chi connectivity index (χ1) is 11.9. The Balaban J connectivity index is 1.57. The lowest BCUT2D eigenvalue weighted by Gasteiger charge is -2.26. The SMILES string of the molecule is c1nc(N2CCCC2c2nnc3n2CCCCC3)c2ccsc2n1. The molecule has 0 bridgehead atoms. The van der Waals surface area contributed by atoms with E-state index in [4.69, 9.17) is 0 Å². The molecular weight excluding hydrogens is 320 g/mol. The Kier molecular flexibility index (Phi) is 3.47. The maximum absolute atomic E-state index is 4.62. The molecule has 24 heavy (non-hydrogen) atoms. The van der Waals surface area contributed by atoms with E-state index in [1.165, 1.54) is 25.7 Å². The van der Waals surface area contributed by atoms with Gasteiger partial charge in [0.05, 0.1) is 11.4 Å². The molecule has 124 valence electrons. The Morgan fingerprint density at radius 3 is 3.04 bits per heavy atom. The molecule has 5 heterocycles. The van der Waals surface area contributed by atoms with Gasteiger partial charge in [0.25, 0.3) is 0 Å². The van der Waals surface area contributed by atoms with Gasteiger partial charge in [0.2, 0.25) is 0 Å². The third kappa shape index (κ3) is 2.22. The van der Waals surface area contributed by atoms with E-state index in [-0.39, 0.29) is 6.04 Å². The van der Waals surface area contributed by atoms with Crippen LogP contribution in [0.5, 0.6) is 0 Å². The van der Waals surface area contributed by atoms with Crippen LogP contribution in [0.15, 0.2) is 17.8 Å². The van der Waals surface area contributed by atoms with Crippen LogP contribution in [0.4, 0.5) is 5.82 Å². The second kappa shape index (κ2) is 5.81. The highest BCUT2D eigenvalue weighted by molar-refractivity contribution is 7.16. The number of rotatable bonds is 2. The van der Waals surface area contributed by atoms with Crippen molar-refractivity contribution in [2.24, 2.45) is 0 Å². The Labute approximate surface area is 144 Å². The molecule has 2 aliphatic rings. The molecule has 1 saturated heterocycles. The predicted molar refractivity (Wildman–Crippen MR) is 94.3 cm³/mol. The van der Waals surface area contributed by atoms with Crippen molar-refractivity contribution in [3.63, 3.8) is 0 Å². The lowest BCUT2D eigenvalue weighted by molar-refractivity contribution is 0.558. The normalized spacial score (nSPS) is 21.2. The first-order valence-corrected chi connectivity index (χ1v) is 9.66. The van der Waals surface area contributed by atoms with Crippen molar-refractivity contribution in [1.29, 1.82) is 0 Å². The number of aromatic nitrogens is 5. The quantitative estimate of drug-likeness (QED) is 0.716. The van der Waals surface area contributed by atoms with Gasteiger partial charge in [-0.1, -0.05) is 6.42 Å². The molecule has 0 aromatic carbocycles. The van der Waals surface area contributed by atoms with Crippen molar-refractivity contribution in [2.75, 3.05) is 11.4 Å². The fourth-order valence-electron chi connectivity index (χ4n) is 4.05. The molecule has 6 nitrogen and oxygen atoms in total. The van der Waals surface area contributed by atoms with Crippen molar-refractivity contribution in [2.45, 2.75) is 51.1 Å². The zero-order valence-corrected chi connectivity index (χ0v) is 14.4. The van der Waals surface area contributed by atoms with E-state index in [9.17, 15) is 0 Å². The smallest absolute Gasteiger partial charge is 0.155 e. The summed E-state index contributed by atoms with van der Waals surface area (Å²) in [4.78, 5) is 12.5. The van der Waals surface area contributed by atoms with Crippen LogP contribution < -0.4 is 4.90 Å². The van der Waals surface area contributed by atoms with Gasteiger partial charge in [0.1, 0.15) is 22.8 Å². The molecule has 0 saturated carbocycles. The first kappa shape index (κ1) is 14.3. The molecule has 1 unspecified atom stereocenters. The summed E-state index contributed by atoms with van der Waals surface area (Å²) >= 11 is 1.67. The number of hydrogen-bond acceptors (Lipinski definition) is 6. The van der Waals surface area contributed by atoms with E-state index in [1.807, 2.05) is 0 Å². The van der Waals surface area contributed by atoms with Crippen LogP contribution in [0.1, 0.15) is 49.8 Å². The van der Waals surface area contributed by atoms with E-state index in [1.54, 1.807) is 17.7 Å². The highest BCUT2D eigenvalue weighted by Crippen LogP contribution is 2.38. The van der Waals surface area contributed by atoms with Gasteiger partial charge in [-0.05, 0) is 37.1 Å². The molecule has 0 aliphatic carbocycles. The molecule has 0 spiro atoms. The van der Waals surface area contributed by atoms with Crippen LogP contribution in [0.25, 0.3) is 10.2 Å². The zero-order valence-electron chi connectivity index (χ0n) is 13.6. The van der Waals surface area contributed by atoms with Crippen LogP contribution >= 0.6 is 11.3 Å². The van der Waals surface area contributed by atoms with Gasteiger partial charge in [-0.2, -0.15) is 0 Å². The Morgan fingerprint density at radius 2 is 2.04 bits per heavy atom. The largest absolute Gasteiger partial charge is 0.346 e. The van der Waals surface area contributed by atoms with E-state index in [0.29, 0.717) is 0 Å². The summed E-state index contributed by atoms with van der Waals surface area (Å²) in [5, 5.41) is 12.3. The fourth-order valence-corrected chi connectivity index (χ4v) is 4.78. The Morgan fingerprint density at radius 1 is 1.04 bits per heavy atom. The standard InChI is InChI=1S/C17H20N6S/c1-2-6-14-20-21-16(23(14)8-3-1)13-5-4-9-22(13)15-12-7-10-24-17(12)19-11-18-15/h7,10-11,13H,1-6,8-9H2. The van der Waals surface area contributed by atoms with Crippen LogP contribution in [-0.4, -0.2) is 31.3 Å². The van der Waals surface area contributed by atoms with Gasteiger partial charge in [0.15, 0.2) is 5.82 Å². The minimum Gasteiger partial charge on any atom is -0.346 e. The van der Waals surface area contributed by atoms with E-state index < -0.39 is 0 Å². The minimum absolute atomic E-state index is 0.280. The molecular formula is C17H20N6S. The molecule has 1 atom stereocenters. The molecule has 0 N–H and O–H groups in total. The Bertz CT molecular complexity index is 869. The number of aryl methyl sites for hydroxylation is 1. The summed E-state index contributed by atoms with van der Waals surface area (Å²) in [6.45, 7) is 2.08. The summed E-state index contributed by atoms with van der Waals surface area (Å²) in [5.41, 5.74) is 0. The van der Waals surface area contributed by atoms with Gasteiger partial charge in [-0.15, -0.1) is 21.5 Å². The average molecular weight is 340 g/mol. The maximum atomic E-state index is 4.62. The van der Waals surface area contributed by atoms with Gasteiger partial charge in [-0.3, -0.25) is 0 Å². The van der Waals surface area contributed by atoms with Crippen molar-refractivity contribution < 1.29 is 0 Å². The maximum Gasteiger partial charge on any atom is 0.155 e. The lowest BCUT2D eigenvalue weighted by atomic mass is 10.2. The second-order valence-electron chi connectivity index (χ2n) is 6.62. The summed E-state index contributed by atoms with van der Waals surface area (Å²) in [7, 11) is 0. The average Bonchev–Trinajstić information content (AvgIpc) is 3.31. The van der Waals surface area contributed by atoms with Gasteiger partial charge < -0.3 is 9.47 Å². The zero-order chi connectivity index (χ0) is 15.9. The predicted octanol–water partition coefficient (Wildman–Crippen LogP) is 3.35. The van der Waals surface area contributed by atoms with Crippen molar-refractivity contribution in [3.8, 4) is 0 Å². The molecule has 1 fully saturated rings. The third-order valence-electron chi connectivity index (χ3n) is 5.20. The number of anilines is 1. The number of nitrogens with zero attached hydrogens (tertiary/aromatic N) is 6. The number of thiophene rings is 1. The summed E-state index contributed by atoms with van der Waals surface area (Å²) in [6, 6.07) is 2.41. The lowest BCUT2D eigenvalue weighted by Crippen LogP contribution is -2.26. The highest BCUT2D eigenvalue weighted by Gasteiger charge is 2.33. The minimum atomic E-state index is 0.280. The van der Waals surface area contributed by atoms with Crippen LogP contribution in [0.2, 0.25) is 0 Å². The third-order valence-corrected chi connectivity index (χ3v) is 6.02. The van der Waals surface area contributed by atoms with Crippen molar-refractivity contribution in [1.82, 2.24) is 24.7 Å². The number of hydrogen-bond donors (Lipinski definition) is 0. The van der Waals surface area contributed by atoms with E-state index in [2.05, 4.69) is 41.1 Å². The van der Waals surface area contributed by atoms with E-state index >= 15 is 0 Å². The van der Waals surface area contributed by atoms with Crippen LogP contribution in [0, 0.1) is 0 Å². The van der Waals surface area contributed by atoms with Gasteiger partial charge in [0, 0.05) is 19.5 Å². The summed E-state index contributed by atoms with van der Waals surface area (Å²) in [5.74, 6) is 3.35. The molecule has 0 amide bonds. The van der Waals surface area contributed by atoms with Crippen molar-refractivity contribution in [3.05, 3.63) is 29.4 Å². The molecule has 2 aliphatic heterocycles. The molecule has 3 aromatic rings. The van der Waals surface area contributed by atoms with Gasteiger partial charge in [-0.25, -0.2) is 9.97 Å². The monoisotopic (exact) mass is 340 g/mol. The topological polar surface area (TPSA) is 59.7 Å². The molecule has 7 heteroatoms. The fraction of sp³-hybridized carbons (Fsp3) is 0.529. The summed E-state index contributed by atoms with van der Waals surface area (Å²) in [6.07, 6.45) is 8.78. The first-order valence-electron chi connectivity index (χ1n) is 8.78. The molecule has 3 aromatic heterocycles. The van der Waals surface area contributed by atoms with Gasteiger partial charge >= 0.3 is 0 Å². The number of fused-ring (bicyclic) bond motifs is 2. The molecule has 0 radical (unpaired) electrons. The van der Waals surface area contributed by atoms with Crippen LogP contribution in [0.3, 0.4) is 0 Å². The Hall–Kier alpha value is -2.02.